The van der Waals surface area contributed by atoms with Crippen molar-refractivity contribution in [3.8, 4) is 0 Å². The Balaban J connectivity index is 2.11. The van der Waals surface area contributed by atoms with Crippen LogP contribution in [0.1, 0.15) is 53.7 Å². The molecule has 4 nitrogen and oxygen atoms in total. The van der Waals surface area contributed by atoms with E-state index in [0.29, 0.717) is 11.6 Å². The second kappa shape index (κ2) is 6.29. The summed E-state index contributed by atoms with van der Waals surface area (Å²) in [4.78, 5) is 15.7. The maximum Gasteiger partial charge on any atom is 0.357 e. The standard InChI is InChI=1S/C13H19NO3S/c1-16-11(9-6-4-3-5-7-9)12-14-10(8-18-12)13(15)17-2/h8-9,11H,3-7H2,1-2H3. The van der Waals surface area contributed by atoms with Gasteiger partial charge in [0, 0.05) is 12.5 Å². The highest BCUT2D eigenvalue weighted by Crippen LogP contribution is 2.37. The minimum atomic E-state index is -0.379. The number of hydrogen-bond acceptors (Lipinski definition) is 5. The van der Waals surface area contributed by atoms with E-state index in [-0.39, 0.29) is 12.1 Å². The first-order chi connectivity index (χ1) is 8.76. The van der Waals surface area contributed by atoms with E-state index in [1.807, 2.05) is 0 Å². The number of carbonyl (C=O) groups is 1. The first-order valence-corrected chi connectivity index (χ1v) is 7.20. The molecule has 1 aromatic rings. The lowest BCUT2D eigenvalue weighted by atomic mass is 9.85. The lowest BCUT2D eigenvalue weighted by molar-refractivity contribution is 0.0349. The van der Waals surface area contributed by atoms with Gasteiger partial charge in [-0.2, -0.15) is 0 Å². The van der Waals surface area contributed by atoms with Crippen LogP contribution in [-0.4, -0.2) is 25.2 Å². The van der Waals surface area contributed by atoms with Crippen LogP contribution in [0.15, 0.2) is 5.38 Å². The maximum absolute atomic E-state index is 11.4. The van der Waals surface area contributed by atoms with Crippen molar-refractivity contribution in [1.29, 1.82) is 0 Å². The molecule has 0 aliphatic heterocycles. The molecule has 2 rings (SSSR count). The van der Waals surface area contributed by atoms with Gasteiger partial charge in [0.25, 0.3) is 0 Å². The molecular formula is C13H19NO3S. The lowest BCUT2D eigenvalue weighted by Gasteiger charge is -2.27. The van der Waals surface area contributed by atoms with Gasteiger partial charge >= 0.3 is 5.97 Å². The number of aromatic nitrogens is 1. The highest BCUT2D eigenvalue weighted by Gasteiger charge is 2.28. The molecule has 1 heterocycles. The van der Waals surface area contributed by atoms with E-state index in [4.69, 9.17) is 4.74 Å². The normalized spacial score (nSPS) is 18.6. The summed E-state index contributed by atoms with van der Waals surface area (Å²) in [6.45, 7) is 0. The van der Waals surface area contributed by atoms with Crippen LogP contribution in [0, 0.1) is 5.92 Å². The zero-order valence-corrected chi connectivity index (χ0v) is 11.7. The quantitative estimate of drug-likeness (QED) is 0.788. The van der Waals surface area contributed by atoms with Gasteiger partial charge in [-0.15, -0.1) is 11.3 Å². The summed E-state index contributed by atoms with van der Waals surface area (Å²) < 4.78 is 10.3. The smallest absolute Gasteiger partial charge is 0.357 e. The first-order valence-electron chi connectivity index (χ1n) is 6.32. The molecule has 0 aromatic carbocycles. The number of carbonyl (C=O) groups excluding carboxylic acids is 1. The molecule has 0 saturated heterocycles. The monoisotopic (exact) mass is 269 g/mol. The van der Waals surface area contributed by atoms with Crippen LogP contribution in [0.2, 0.25) is 0 Å². The molecular weight excluding hydrogens is 250 g/mol. The highest BCUT2D eigenvalue weighted by atomic mass is 32.1. The topological polar surface area (TPSA) is 48.4 Å². The Kier molecular flexibility index (Phi) is 4.72. The van der Waals surface area contributed by atoms with Gasteiger partial charge in [0.15, 0.2) is 5.69 Å². The van der Waals surface area contributed by atoms with Crippen LogP contribution in [0.4, 0.5) is 0 Å². The number of hydrogen-bond donors (Lipinski definition) is 0. The average Bonchev–Trinajstić information content (AvgIpc) is 2.89. The van der Waals surface area contributed by atoms with Crippen LogP contribution < -0.4 is 0 Å². The van der Waals surface area contributed by atoms with Gasteiger partial charge in [-0.05, 0) is 18.8 Å². The number of esters is 1. The molecule has 1 aromatic heterocycles. The van der Waals surface area contributed by atoms with Crippen molar-refractivity contribution in [1.82, 2.24) is 4.98 Å². The predicted octanol–water partition coefficient (Wildman–Crippen LogP) is 3.20. The second-order valence-electron chi connectivity index (χ2n) is 4.62. The van der Waals surface area contributed by atoms with E-state index >= 15 is 0 Å². The maximum atomic E-state index is 11.4. The summed E-state index contributed by atoms with van der Waals surface area (Å²) in [5.41, 5.74) is 0.385. The third-order valence-electron chi connectivity index (χ3n) is 3.49. The third-order valence-corrected chi connectivity index (χ3v) is 4.40. The molecule has 1 saturated carbocycles. The van der Waals surface area contributed by atoms with Gasteiger partial charge in [0.05, 0.1) is 7.11 Å². The fourth-order valence-electron chi connectivity index (χ4n) is 2.55. The molecule has 0 bridgehead atoms. The van der Waals surface area contributed by atoms with Gasteiger partial charge in [-0.1, -0.05) is 19.3 Å². The van der Waals surface area contributed by atoms with E-state index in [9.17, 15) is 4.79 Å². The zero-order chi connectivity index (χ0) is 13.0. The fraction of sp³-hybridized carbons (Fsp3) is 0.692. The van der Waals surface area contributed by atoms with E-state index in [0.717, 1.165) is 5.01 Å². The zero-order valence-electron chi connectivity index (χ0n) is 10.8. The van der Waals surface area contributed by atoms with Crippen LogP contribution in [0.3, 0.4) is 0 Å². The van der Waals surface area contributed by atoms with Crippen molar-refractivity contribution in [2.24, 2.45) is 5.92 Å². The van der Waals surface area contributed by atoms with Gasteiger partial charge in [-0.25, -0.2) is 9.78 Å². The Morgan fingerprint density at radius 3 is 2.72 bits per heavy atom. The number of ether oxygens (including phenoxy) is 2. The van der Waals surface area contributed by atoms with E-state index in [1.165, 1.54) is 50.6 Å². The van der Waals surface area contributed by atoms with E-state index < -0.39 is 0 Å². The summed E-state index contributed by atoms with van der Waals surface area (Å²) in [5.74, 6) is 0.149. The van der Waals surface area contributed by atoms with Crippen molar-refractivity contribution < 1.29 is 14.3 Å². The minimum Gasteiger partial charge on any atom is -0.464 e. The Morgan fingerprint density at radius 2 is 2.11 bits per heavy atom. The lowest BCUT2D eigenvalue weighted by Crippen LogP contribution is -2.18. The summed E-state index contributed by atoms with van der Waals surface area (Å²) in [7, 11) is 3.09. The Hall–Kier alpha value is -0.940. The summed E-state index contributed by atoms with van der Waals surface area (Å²) in [5, 5.41) is 2.64. The molecule has 1 atom stereocenters. The van der Waals surface area contributed by atoms with Gasteiger partial charge in [0.1, 0.15) is 11.1 Å². The molecule has 1 unspecified atom stereocenters. The molecule has 1 fully saturated rings. The Bertz CT molecular complexity index is 399. The highest BCUT2D eigenvalue weighted by molar-refractivity contribution is 7.09. The summed E-state index contributed by atoms with van der Waals surface area (Å²) in [6, 6.07) is 0. The largest absolute Gasteiger partial charge is 0.464 e. The van der Waals surface area contributed by atoms with Gasteiger partial charge < -0.3 is 9.47 Å². The molecule has 0 radical (unpaired) electrons. The first kappa shape index (κ1) is 13.5. The van der Waals surface area contributed by atoms with Crippen LogP contribution in [0.25, 0.3) is 0 Å². The SMILES string of the molecule is COC(=O)c1csc(C(OC)C2CCCCC2)n1. The molecule has 0 spiro atoms. The van der Waals surface area contributed by atoms with Crippen LogP contribution >= 0.6 is 11.3 Å². The Morgan fingerprint density at radius 1 is 1.39 bits per heavy atom. The molecule has 1 aliphatic rings. The van der Waals surface area contributed by atoms with Crippen molar-refractivity contribution in [3.05, 3.63) is 16.1 Å². The number of nitrogens with zero attached hydrogens (tertiary/aromatic N) is 1. The fourth-order valence-corrected chi connectivity index (χ4v) is 3.50. The van der Waals surface area contributed by atoms with E-state index in [1.54, 1.807) is 12.5 Å². The number of thiazole rings is 1. The number of rotatable bonds is 4. The molecule has 1 aliphatic carbocycles. The summed E-state index contributed by atoms with van der Waals surface area (Å²) >= 11 is 1.48. The Labute approximate surface area is 111 Å². The second-order valence-corrected chi connectivity index (χ2v) is 5.51. The average molecular weight is 269 g/mol. The van der Waals surface area contributed by atoms with Crippen molar-refractivity contribution in [2.45, 2.75) is 38.2 Å². The third kappa shape index (κ3) is 2.90. The van der Waals surface area contributed by atoms with Gasteiger partial charge in [-0.3, -0.25) is 0 Å². The van der Waals surface area contributed by atoms with Crippen molar-refractivity contribution in [2.75, 3.05) is 14.2 Å². The van der Waals surface area contributed by atoms with E-state index in [2.05, 4.69) is 9.72 Å². The molecule has 5 heteroatoms. The predicted molar refractivity (Wildman–Crippen MR) is 69.8 cm³/mol. The molecule has 100 valence electrons. The number of methoxy groups -OCH3 is 2. The van der Waals surface area contributed by atoms with Crippen LogP contribution in [-0.2, 0) is 9.47 Å². The van der Waals surface area contributed by atoms with Gasteiger partial charge in [0.2, 0.25) is 0 Å². The molecule has 0 N–H and O–H groups in total. The van der Waals surface area contributed by atoms with Crippen LogP contribution in [0.5, 0.6) is 0 Å². The molecule has 0 amide bonds. The summed E-state index contributed by atoms with van der Waals surface area (Å²) in [6.07, 6.45) is 6.24. The van der Waals surface area contributed by atoms with Crippen molar-refractivity contribution >= 4 is 17.3 Å². The minimum absolute atomic E-state index is 0.0220. The molecule has 18 heavy (non-hydrogen) atoms. The van der Waals surface area contributed by atoms with Crippen molar-refractivity contribution in [3.63, 3.8) is 0 Å².